The molecule has 3 aromatic heterocycles. The Morgan fingerprint density at radius 1 is 1.06 bits per heavy atom. The zero-order valence-corrected chi connectivity index (χ0v) is 17.8. The van der Waals surface area contributed by atoms with Crippen LogP contribution in [0.1, 0.15) is 16.1 Å². The number of benzene rings is 2. The van der Waals surface area contributed by atoms with Gasteiger partial charge in [-0.25, -0.2) is 14.3 Å². The predicted molar refractivity (Wildman–Crippen MR) is 121 cm³/mol. The van der Waals surface area contributed by atoms with Crippen LogP contribution in [0.25, 0.3) is 27.7 Å². The first kappa shape index (κ1) is 20.0. The molecule has 0 saturated heterocycles. The summed E-state index contributed by atoms with van der Waals surface area (Å²) in [6.07, 6.45) is 3.05. The van der Waals surface area contributed by atoms with Crippen LogP contribution in [0.15, 0.2) is 73.2 Å². The van der Waals surface area contributed by atoms with Gasteiger partial charge in [0.25, 0.3) is 0 Å². The number of hydrogen-bond donors (Lipinski definition) is 0. The molecular weight excluding hydrogens is 428 g/mol. The zero-order chi connectivity index (χ0) is 22.1. The van der Waals surface area contributed by atoms with Crippen LogP contribution < -0.4 is 4.74 Å². The molecule has 32 heavy (non-hydrogen) atoms. The van der Waals surface area contributed by atoms with Crippen molar-refractivity contribution in [2.75, 3.05) is 7.11 Å². The van der Waals surface area contributed by atoms with Gasteiger partial charge in [-0.1, -0.05) is 54.1 Å². The molecule has 0 aliphatic carbocycles. The highest BCUT2D eigenvalue weighted by Crippen LogP contribution is 2.38. The molecule has 0 aliphatic heterocycles. The maximum atomic E-state index is 12.8. The highest BCUT2D eigenvalue weighted by atomic mass is 35.5. The number of fused-ring (bicyclic) bond motifs is 3. The van der Waals surface area contributed by atoms with Gasteiger partial charge >= 0.3 is 5.97 Å². The van der Waals surface area contributed by atoms with E-state index in [2.05, 4.69) is 15.1 Å². The van der Waals surface area contributed by atoms with Crippen LogP contribution in [0.4, 0.5) is 0 Å². The quantitative estimate of drug-likeness (QED) is 0.356. The molecule has 3 heterocycles. The lowest BCUT2D eigenvalue weighted by molar-refractivity contribution is 0.0585. The van der Waals surface area contributed by atoms with Crippen LogP contribution in [-0.4, -0.2) is 32.7 Å². The molecule has 8 heteroatoms. The van der Waals surface area contributed by atoms with E-state index in [1.807, 2.05) is 60.7 Å². The third-order valence-electron chi connectivity index (χ3n) is 5.10. The Kier molecular flexibility index (Phi) is 5.17. The number of methoxy groups -OCH3 is 1. The first-order valence-corrected chi connectivity index (χ1v) is 10.2. The molecule has 7 nitrogen and oxygen atoms in total. The third kappa shape index (κ3) is 3.42. The highest BCUT2D eigenvalue weighted by Gasteiger charge is 2.26. The maximum Gasteiger partial charge on any atom is 0.360 e. The lowest BCUT2D eigenvalue weighted by Crippen LogP contribution is -2.14. The van der Waals surface area contributed by atoms with E-state index in [0.717, 1.165) is 16.7 Å². The molecule has 0 bridgehead atoms. The average Bonchev–Trinajstić information content (AvgIpc) is 3.31. The largest absolute Gasteiger partial charge is 0.484 e. The fourth-order valence-corrected chi connectivity index (χ4v) is 3.87. The maximum absolute atomic E-state index is 12.8. The summed E-state index contributed by atoms with van der Waals surface area (Å²) in [6.45, 7) is 0.239. The second-order valence-corrected chi connectivity index (χ2v) is 7.47. The molecule has 0 unspecified atom stereocenters. The van der Waals surface area contributed by atoms with Crippen LogP contribution in [-0.2, 0) is 11.3 Å². The Labute approximate surface area is 188 Å². The van der Waals surface area contributed by atoms with Gasteiger partial charge < -0.3 is 9.47 Å². The van der Waals surface area contributed by atoms with Gasteiger partial charge in [-0.05, 0) is 34.9 Å². The van der Waals surface area contributed by atoms with Gasteiger partial charge in [-0.3, -0.25) is 4.98 Å². The van der Waals surface area contributed by atoms with Gasteiger partial charge in [0.2, 0.25) is 0 Å². The Morgan fingerprint density at radius 2 is 1.91 bits per heavy atom. The number of nitrogens with zero attached hydrogens (tertiary/aromatic N) is 4. The van der Waals surface area contributed by atoms with Gasteiger partial charge in [0.15, 0.2) is 17.1 Å². The third-order valence-corrected chi connectivity index (χ3v) is 5.34. The summed E-state index contributed by atoms with van der Waals surface area (Å²) >= 11 is 6.24. The van der Waals surface area contributed by atoms with E-state index < -0.39 is 5.97 Å². The minimum absolute atomic E-state index is 0.124. The molecule has 0 aliphatic rings. The van der Waals surface area contributed by atoms with Crippen LogP contribution >= 0.6 is 11.6 Å². The van der Waals surface area contributed by atoms with Crippen LogP contribution in [0, 0.1) is 0 Å². The number of halogens is 1. The van der Waals surface area contributed by atoms with Crippen molar-refractivity contribution in [2.24, 2.45) is 0 Å². The average molecular weight is 445 g/mol. The molecule has 0 fully saturated rings. The standard InChI is InChI=1S/C24H17ClN4O3/c1-31-24(30)21-22(32-13-15-6-3-2-4-7-15)20-19(23-27-14-28-29(21)23)18(10-11-26-20)16-8-5-9-17(25)12-16/h2-12,14H,13H2,1H3. The van der Waals surface area contributed by atoms with Gasteiger partial charge in [0, 0.05) is 11.2 Å². The molecule has 0 spiro atoms. The van der Waals surface area contributed by atoms with Crippen molar-refractivity contribution < 1.29 is 14.3 Å². The summed E-state index contributed by atoms with van der Waals surface area (Å²) in [5, 5.41) is 5.58. The number of aromatic nitrogens is 4. The van der Waals surface area contributed by atoms with E-state index in [-0.39, 0.29) is 18.1 Å². The number of ether oxygens (including phenoxy) is 2. The smallest absolute Gasteiger partial charge is 0.360 e. The van der Waals surface area contributed by atoms with Crippen molar-refractivity contribution in [3.05, 3.63) is 89.5 Å². The Morgan fingerprint density at radius 3 is 2.69 bits per heavy atom. The van der Waals surface area contributed by atoms with Crippen molar-refractivity contribution in [1.82, 2.24) is 19.6 Å². The lowest BCUT2D eigenvalue weighted by atomic mass is 10.0. The van der Waals surface area contributed by atoms with Crippen molar-refractivity contribution >= 4 is 34.1 Å². The van der Waals surface area contributed by atoms with E-state index in [4.69, 9.17) is 21.1 Å². The Balaban J connectivity index is 1.81. The SMILES string of the molecule is COC(=O)c1c(OCc2ccccc2)c2nccc(-c3cccc(Cl)c3)c2c2ncnn12. The summed E-state index contributed by atoms with van der Waals surface area (Å²) < 4.78 is 12.6. The van der Waals surface area contributed by atoms with Crippen molar-refractivity contribution in [3.8, 4) is 16.9 Å². The van der Waals surface area contributed by atoms with Crippen molar-refractivity contribution in [1.29, 1.82) is 0 Å². The molecule has 0 saturated carbocycles. The van der Waals surface area contributed by atoms with E-state index in [9.17, 15) is 4.79 Å². The second kappa shape index (κ2) is 8.28. The molecule has 0 amide bonds. The topological polar surface area (TPSA) is 78.6 Å². The van der Waals surface area contributed by atoms with Gasteiger partial charge in [-0.15, -0.1) is 0 Å². The fraction of sp³-hybridized carbons (Fsp3) is 0.0833. The monoisotopic (exact) mass is 444 g/mol. The Bertz CT molecular complexity index is 1450. The first-order chi connectivity index (χ1) is 15.7. The number of rotatable bonds is 5. The highest BCUT2D eigenvalue weighted by molar-refractivity contribution is 6.31. The van der Waals surface area contributed by atoms with Crippen LogP contribution in [0.2, 0.25) is 5.02 Å². The van der Waals surface area contributed by atoms with E-state index in [1.165, 1.54) is 18.0 Å². The normalized spacial score (nSPS) is 11.1. The summed E-state index contributed by atoms with van der Waals surface area (Å²) in [5.41, 5.74) is 3.75. The molecule has 0 atom stereocenters. The van der Waals surface area contributed by atoms with Gasteiger partial charge in [0.05, 0.1) is 12.5 Å². The fourth-order valence-electron chi connectivity index (χ4n) is 3.68. The Hall–Kier alpha value is -3.97. The predicted octanol–water partition coefficient (Wildman–Crippen LogP) is 4.96. The van der Waals surface area contributed by atoms with Crippen molar-refractivity contribution in [2.45, 2.75) is 6.61 Å². The molecule has 5 aromatic rings. The van der Waals surface area contributed by atoms with Crippen LogP contribution in [0.5, 0.6) is 5.75 Å². The summed E-state index contributed by atoms with van der Waals surface area (Å²) in [7, 11) is 1.31. The van der Waals surface area contributed by atoms with Crippen LogP contribution in [0.3, 0.4) is 0 Å². The molecule has 0 N–H and O–H groups in total. The second-order valence-electron chi connectivity index (χ2n) is 7.03. The summed E-state index contributed by atoms with van der Waals surface area (Å²) in [6, 6.07) is 19.0. The lowest BCUT2D eigenvalue weighted by Gasteiger charge is -2.16. The summed E-state index contributed by atoms with van der Waals surface area (Å²) in [5.74, 6) is -0.321. The number of esters is 1. The van der Waals surface area contributed by atoms with E-state index in [0.29, 0.717) is 21.6 Å². The van der Waals surface area contributed by atoms with Crippen molar-refractivity contribution in [3.63, 3.8) is 0 Å². The molecule has 5 rings (SSSR count). The summed E-state index contributed by atoms with van der Waals surface area (Å²) in [4.78, 5) is 21.7. The van der Waals surface area contributed by atoms with Gasteiger partial charge in [-0.2, -0.15) is 5.10 Å². The number of carbonyl (C=O) groups excluding carboxylic acids is 1. The molecule has 2 aromatic carbocycles. The number of pyridine rings is 2. The zero-order valence-electron chi connectivity index (χ0n) is 17.0. The number of carbonyl (C=O) groups is 1. The molecule has 0 radical (unpaired) electrons. The minimum atomic E-state index is -0.597. The van der Waals surface area contributed by atoms with E-state index in [1.54, 1.807) is 6.20 Å². The minimum Gasteiger partial charge on any atom is -0.484 e. The molecule has 158 valence electrons. The number of hydrogen-bond acceptors (Lipinski definition) is 6. The van der Waals surface area contributed by atoms with E-state index >= 15 is 0 Å². The first-order valence-electron chi connectivity index (χ1n) is 9.82. The molecular formula is C24H17ClN4O3. The van der Waals surface area contributed by atoms with Gasteiger partial charge in [0.1, 0.15) is 18.5 Å².